The summed E-state index contributed by atoms with van der Waals surface area (Å²) < 4.78 is 181. The first kappa shape index (κ1) is 105. The monoisotopic (exact) mass is 1990 g/mol. The zero-order valence-corrected chi connectivity index (χ0v) is 83.4. The third-order valence-electron chi connectivity index (χ3n) is 24.2. The van der Waals surface area contributed by atoms with Crippen molar-refractivity contribution in [1.82, 2.24) is 58.1 Å². The number of aromatic nitrogens is 7. The molecule has 6 aliphatic heterocycles. The Kier molecular flexibility index (Phi) is 31.8. The lowest BCUT2D eigenvalue weighted by atomic mass is 9.91. The van der Waals surface area contributed by atoms with E-state index in [1.807, 2.05) is 44.2 Å². The molecule has 0 bridgehead atoms. The molecule has 15 rings (SSSR count). The second kappa shape index (κ2) is 41.9. The molecule has 36 nitrogen and oxygen atoms in total. The maximum atomic E-state index is 13.3. The number of carbonyl (C=O) groups is 4. The predicted molar refractivity (Wildman–Crippen MR) is 513 cm³/mol. The summed E-state index contributed by atoms with van der Waals surface area (Å²) in [5.41, 5.74) is 6.08. The predicted octanol–water partition coefficient (Wildman–Crippen LogP) is 12.9. The number of nitrogens with two attached hydrogens (primary N) is 1. The number of nitrogens with zero attached hydrogens (tertiary/aromatic N) is 11. The Bertz CT molecular complexity index is 6510. The third-order valence-corrected chi connectivity index (χ3v) is 29.5. The number of pyridine rings is 7. The highest BCUT2D eigenvalue weighted by Gasteiger charge is 2.45. The van der Waals surface area contributed by atoms with Gasteiger partial charge in [-0.25, -0.2) is 47.2 Å². The lowest BCUT2D eigenvalue weighted by molar-refractivity contribution is -0.274. The molecule has 6 fully saturated rings. The van der Waals surface area contributed by atoms with Gasteiger partial charge in [0.2, 0.25) is 11.8 Å². The lowest BCUT2D eigenvalue weighted by Crippen LogP contribution is -2.44. The molecule has 6 atom stereocenters. The zero-order valence-electron chi connectivity index (χ0n) is 80.1. The Morgan fingerprint density at radius 2 is 0.978 bits per heavy atom. The van der Waals surface area contributed by atoms with Crippen LogP contribution in [0.15, 0.2) is 178 Å². The van der Waals surface area contributed by atoms with Crippen molar-refractivity contribution in [2.45, 2.75) is 210 Å². The third kappa shape index (κ3) is 25.7. The topological polar surface area (TPSA) is 461 Å². The van der Waals surface area contributed by atoms with E-state index in [1.54, 1.807) is 73.1 Å². The first-order valence-corrected chi connectivity index (χ1v) is 50.9. The Hall–Kier alpha value is -12.2. The number of halogens is 3. The van der Waals surface area contributed by atoms with Crippen molar-refractivity contribution in [1.29, 1.82) is 0 Å². The van der Waals surface area contributed by atoms with Crippen LogP contribution in [0.25, 0.3) is 11.3 Å². The summed E-state index contributed by atoms with van der Waals surface area (Å²) in [5.74, 6) is 1.19. The molecule has 6 aliphatic rings. The van der Waals surface area contributed by atoms with Gasteiger partial charge in [-0.2, -0.15) is 39.5 Å². The fraction of sp³-hybridized carbons (Fsp3) is 0.463. The molecule has 2 aromatic carbocycles. The number of hydrogen-bond acceptors (Lipinski definition) is 30. The van der Waals surface area contributed by atoms with Crippen molar-refractivity contribution in [2.75, 3.05) is 86.3 Å². The first-order chi connectivity index (χ1) is 64.6. The van der Waals surface area contributed by atoms with Crippen LogP contribution in [0.5, 0.6) is 34.8 Å². The van der Waals surface area contributed by atoms with Gasteiger partial charge in [-0.05, 0) is 233 Å². The molecule has 0 aliphatic carbocycles. The van der Waals surface area contributed by atoms with Crippen LogP contribution in [-0.4, -0.2) is 204 Å². The fourth-order valence-electron chi connectivity index (χ4n) is 18.2. The molecule has 9 aromatic rings. The Morgan fingerprint density at radius 1 is 0.514 bits per heavy atom. The molecule has 0 radical (unpaired) electrons. The fourth-order valence-corrected chi connectivity index (χ4v) is 22.3. The number of hydrogen-bond donors (Lipinski definition) is 6. The molecule has 4 amide bonds. The molecular weight excluding hydrogens is 1870 g/mol. The highest BCUT2D eigenvalue weighted by atomic mass is 32.2. The Balaban J connectivity index is 0.000000165. The number of alkyl halides is 3. The number of nitrogens with one attached hydrogen (secondary N) is 5. The normalized spacial score (nSPS) is 20.0. The number of aromatic amines is 1. The summed E-state index contributed by atoms with van der Waals surface area (Å²) in [4.78, 5) is 101. The molecular formula is C95H120F3N17O19S4. The van der Waals surface area contributed by atoms with Crippen LogP contribution in [0.3, 0.4) is 0 Å². The summed E-state index contributed by atoms with van der Waals surface area (Å²) in [5, 5.41) is -0.652. The van der Waals surface area contributed by atoms with E-state index >= 15 is 0 Å². The van der Waals surface area contributed by atoms with Gasteiger partial charge in [-0.15, -0.1) is 13.2 Å². The second-order valence-corrected chi connectivity index (χ2v) is 45.4. The summed E-state index contributed by atoms with van der Waals surface area (Å²) in [6.45, 7) is 35.2. The Labute approximate surface area is 802 Å². The average Bonchev–Trinajstić information content (AvgIpc) is 0.947. The number of sulfonamides is 3. The molecule has 0 saturated carbocycles. The van der Waals surface area contributed by atoms with Gasteiger partial charge in [-0.1, -0.05) is 60.6 Å². The van der Waals surface area contributed by atoms with Crippen LogP contribution >= 0.6 is 0 Å². The molecule has 6 saturated heterocycles. The van der Waals surface area contributed by atoms with Crippen molar-refractivity contribution >= 4 is 87.2 Å². The number of methoxy groups -OCH3 is 2. The smallest absolute Gasteiger partial charge is 0.493 e. The van der Waals surface area contributed by atoms with Gasteiger partial charge >= 0.3 is 16.6 Å². The van der Waals surface area contributed by atoms with Crippen molar-refractivity contribution < 1.29 is 94.4 Å². The minimum Gasteiger partial charge on any atom is -0.493 e. The van der Waals surface area contributed by atoms with Crippen LogP contribution in [0.1, 0.15) is 196 Å². The van der Waals surface area contributed by atoms with Crippen LogP contribution < -0.4 is 73.5 Å². The minimum atomic E-state index is -4.81. The SMILES string of the molecule is CC1CN(c2ncccc2C(=O)NS(=O)(=O)c2cccc(OCC3CCCO3)n2)C(C)(C)C1.COc1ccc(Oc2cccc(S(=O)(=O)NC(=O)c3cccnc3N3CC(C)CC3(C)C)n2)cc1OC.C[C@@H]1CN(c2nc(-c3ccc(OC(F)(F)F)cc3)ccc2C(=O)NS(=O)(=O)N2CC[C@@H](N)C2)C(C)(C)C1.C[C@@H]1CN(c2nc(C(C)(C)C)ccc2C(=O)NS(=O)(=O)c2ccc[nH]c2=O)C(C)(C)C1. The molecule has 43 heteroatoms. The molecule has 0 spiro atoms. The molecule has 3 unspecified atom stereocenters. The summed E-state index contributed by atoms with van der Waals surface area (Å²) >= 11 is 0. The maximum Gasteiger partial charge on any atom is 0.573 e. The zero-order chi connectivity index (χ0) is 101. The van der Waals surface area contributed by atoms with E-state index in [2.05, 4.69) is 128 Å². The molecule has 13 heterocycles. The highest BCUT2D eigenvalue weighted by molar-refractivity contribution is 7.90. The summed E-state index contributed by atoms with van der Waals surface area (Å²) in [6, 6.07) is 33.8. The first-order valence-electron chi connectivity index (χ1n) is 45.0. The second-order valence-electron chi connectivity index (χ2n) is 38.8. The van der Waals surface area contributed by atoms with Gasteiger partial charge in [0.25, 0.3) is 59.3 Å². The number of benzene rings is 2. The quantitative estimate of drug-likeness (QED) is 0.0309. The van der Waals surface area contributed by atoms with Crippen molar-refractivity contribution in [3.8, 4) is 46.0 Å². The van der Waals surface area contributed by atoms with Crippen molar-refractivity contribution in [2.24, 2.45) is 29.4 Å². The highest BCUT2D eigenvalue weighted by Crippen LogP contribution is 2.44. The minimum absolute atomic E-state index is 0.0201. The van der Waals surface area contributed by atoms with Gasteiger partial charge in [0, 0.05) is 128 Å². The van der Waals surface area contributed by atoms with Gasteiger partial charge in [-0.3, -0.25) is 24.0 Å². The molecule has 7 N–H and O–H groups in total. The van der Waals surface area contributed by atoms with Crippen LogP contribution in [0.2, 0.25) is 0 Å². The van der Waals surface area contributed by atoms with E-state index in [-0.39, 0.29) is 103 Å². The van der Waals surface area contributed by atoms with E-state index in [9.17, 15) is 70.8 Å². The van der Waals surface area contributed by atoms with Crippen LogP contribution in [-0.2, 0) is 50.4 Å². The van der Waals surface area contributed by atoms with E-state index in [0.29, 0.717) is 115 Å². The average molecular weight is 1990 g/mol. The van der Waals surface area contributed by atoms with Crippen LogP contribution in [0, 0.1) is 23.7 Å². The van der Waals surface area contributed by atoms with Crippen molar-refractivity contribution in [3.05, 3.63) is 196 Å². The Morgan fingerprint density at radius 3 is 1.43 bits per heavy atom. The van der Waals surface area contributed by atoms with Crippen molar-refractivity contribution in [3.63, 3.8) is 0 Å². The molecule has 744 valence electrons. The number of carbonyl (C=O) groups excluding carboxylic acids is 4. The largest absolute Gasteiger partial charge is 0.573 e. The number of anilines is 4. The van der Waals surface area contributed by atoms with E-state index < -0.39 is 80.7 Å². The molecule has 7 aromatic heterocycles. The number of H-pyrrole nitrogens is 1. The number of amides is 4. The van der Waals surface area contributed by atoms with E-state index in [0.717, 1.165) is 61.1 Å². The van der Waals surface area contributed by atoms with Gasteiger partial charge in [0.05, 0.1) is 48.3 Å². The summed E-state index contributed by atoms with van der Waals surface area (Å²) in [6.07, 6.45) is 5.71. The summed E-state index contributed by atoms with van der Waals surface area (Å²) in [7, 11) is -14.0. The van der Waals surface area contributed by atoms with Gasteiger partial charge < -0.3 is 58.7 Å². The lowest BCUT2D eigenvalue weighted by Gasteiger charge is -2.34. The van der Waals surface area contributed by atoms with Gasteiger partial charge in [0.1, 0.15) is 41.4 Å². The molecule has 138 heavy (non-hydrogen) atoms. The maximum absolute atomic E-state index is 13.3. The van der Waals surface area contributed by atoms with Gasteiger partial charge in [0.15, 0.2) is 26.4 Å². The van der Waals surface area contributed by atoms with E-state index in [1.165, 1.54) is 93.2 Å². The standard InChI is InChI=1S/C26H30N4O6S.C24H30F3N5O4S.C23H30N4O5S.C22H30N4O4S/c1-17-15-26(2,3)30(16-17)24-19(8-7-13-27-24)25(31)29-37(32,33)23-10-6-9-22(28-23)36-18-11-12-20(34-4)21(14-18)35-5;1-15-12-23(2,3)32(13-15)21-19(22(33)30-37(34,35)31-11-10-17(28)14-31)8-9-20(29-21)16-4-6-18(7-5-16)36-24(25,26)27;1-16-13-23(2,3)27(14-16)21-18(8-5-11-24-21)22(28)26-33(29,30)20-10-4-9-19(25-20)32-15-17-7-6-12-31-17;1-14-12-22(5,6)26(13-14)18-15(9-10-17(24-18)21(2,3)4)19(27)25-31(29,30)16-8-7-11-23-20(16)28/h6-14,17H,15-16H2,1-5H3,(H,29,31);4-9,15,17H,10-14,28H2,1-3H3,(H,30,33);4-5,8-11,16-17H,6-7,12-15H2,1-3H3,(H,26,28);7-11,14H,12-13H2,1-6H3,(H,23,28)(H,25,27)/t;15-,17+;;14-/m.0.0/s1. The number of ether oxygens (including phenoxy) is 6. The number of rotatable bonds is 25. The van der Waals surface area contributed by atoms with Crippen LogP contribution in [0.4, 0.5) is 36.4 Å². The van der Waals surface area contributed by atoms with E-state index in [4.69, 9.17) is 39.4 Å².